The molecule has 0 aliphatic carbocycles. The molecule has 11 nitrogen and oxygen atoms in total. The fraction of sp³-hybridized carbons (Fsp3) is 0.125. The Morgan fingerprint density at radius 1 is 0.949 bits per heavy atom. The number of urea groups is 1. The molecule has 39 heavy (non-hydrogen) atoms. The molecular formula is C24H20ClF3N8O3. The smallest absolute Gasteiger partial charge is 0.417 e. The number of hydrogen-bond donors (Lipinski definition) is 6. The maximum absolute atomic E-state index is 13.1. The van der Waals surface area contributed by atoms with Gasteiger partial charge in [-0.1, -0.05) is 11.6 Å². The zero-order valence-electron chi connectivity index (χ0n) is 20.2. The molecule has 0 aliphatic heterocycles. The van der Waals surface area contributed by atoms with Gasteiger partial charge in [0, 0.05) is 34.9 Å². The minimum absolute atomic E-state index is 0.0745. The number of nitrogens with zero attached hydrogens (tertiary/aromatic N) is 3. The Bertz CT molecular complexity index is 1560. The van der Waals surface area contributed by atoms with Gasteiger partial charge in [0.15, 0.2) is 5.69 Å². The molecule has 4 rings (SSSR count). The van der Waals surface area contributed by atoms with Gasteiger partial charge in [-0.25, -0.2) is 14.6 Å². The molecule has 2 aromatic heterocycles. The number of aromatic nitrogens is 4. The Kier molecular flexibility index (Phi) is 7.58. The monoisotopic (exact) mass is 560 g/mol. The number of aryl methyl sites for hydroxylation is 2. The quantitative estimate of drug-likeness (QED) is 0.153. The molecule has 0 unspecified atom stereocenters. The summed E-state index contributed by atoms with van der Waals surface area (Å²) in [6.07, 6.45) is -4.66. The average molecular weight is 561 g/mol. The molecule has 0 aliphatic rings. The third kappa shape index (κ3) is 6.93. The van der Waals surface area contributed by atoms with E-state index >= 15 is 0 Å². The number of carbonyl (C=O) groups is 2. The van der Waals surface area contributed by atoms with E-state index in [1.54, 1.807) is 38.1 Å². The van der Waals surface area contributed by atoms with Crippen molar-refractivity contribution in [3.8, 4) is 0 Å². The van der Waals surface area contributed by atoms with Gasteiger partial charge in [-0.05, 0) is 55.8 Å². The molecule has 2 aromatic carbocycles. The zero-order valence-corrected chi connectivity index (χ0v) is 21.0. The summed E-state index contributed by atoms with van der Waals surface area (Å²) in [6, 6.07) is 10.2. The first-order valence-corrected chi connectivity index (χ1v) is 11.5. The largest absolute Gasteiger partial charge is 0.476 e. The first-order valence-electron chi connectivity index (χ1n) is 11.1. The topological polar surface area (TPSA) is 157 Å². The number of aromatic amines is 1. The van der Waals surface area contributed by atoms with Gasteiger partial charge in [-0.2, -0.15) is 23.3 Å². The number of amides is 2. The van der Waals surface area contributed by atoms with E-state index in [1.807, 2.05) is 0 Å². The number of carboxylic acid groups (broad SMARTS) is 1. The number of anilines is 6. The summed E-state index contributed by atoms with van der Waals surface area (Å²) in [5.41, 5.74) is 1.06. The normalized spacial score (nSPS) is 11.1. The van der Waals surface area contributed by atoms with Gasteiger partial charge >= 0.3 is 18.2 Å². The second-order valence-corrected chi connectivity index (χ2v) is 8.65. The molecule has 4 aromatic rings. The Morgan fingerprint density at radius 3 is 2.28 bits per heavy atom. The van der Waals surface area contributed by atoms with Crippen LogP contribution in [-0.4, -0.2) is 37.3 Å². The Hall–Kier alpha value is -4.85. The van der Waals surface area contributed by atoms with Gasteiger partial charge in [-0.3, -0.25) is 5.10 Å². The van der Waals surface area contributed by atoms with Crippen LogP contribution < -0.4 is 21.3 Å². The maximum atomic E-state index is 13.1. The van der Waals surface area contributed by atoms with E-state index in [0.717, 1.165) is 12.1 Å². The summed E-state index contributed by atoms with van der Waals surface area (Å²) in [5.74, 6) is -0.212. The number of carbonyl (C=O) groups excluding carboxylic acids is 1. The van der Waals surface area contributed by atoms with Crippen LogP contribution in [0.25, 0.3) is 0 Å². The van der Waals surface area contributed by atoms with Gasteiger partial charge in [0.05, 0.1) is 10.6 Å². The molecule has 0 saturated heterocycles. The van der Waals surface area contributed by atoms with Crippen LogP contribution in [0.3, 0.4) is 0 Å². The SMILES string of the molecule is Cc1cc(Nc2cc(C(=O)O)n[nH]2)nc(Nc2ccc(NC(=O)Nc3ccc(Cl)c(C(F)(F)F)c3)cc2C)n1. The molecule has 0 spiro atoms. The molecule has 0 saturated carbocycles. The Balaban J connectivity index is 1.43. The van der Waals surface area contributed by atoms with E-state index < -0.39 is 28.8 Å². The fourth-order valence-electron chi connectivity index (χ4n) is 3.44. The summed E-state index contributed by atoms with van der Waals surface area (Å²) < 4.78 is 39.2. The number of halogens is 4. The fourth-order valence-corrected chi connectivity index (χ4v) is 3.66. The van der Waals surface area contributed by atoms with Crippen molar-refractivity contribution in [3.63, 3.8) is 0 Å². The lowest BCUT2D eigenvalue weighted by molar-refractivity contribution is -0.137. The van der Waals surface area contributed by atoms with Crippen molar-refractivity contribution in [2.75, 3.05) is 21.3 Å². The molecule has 2 heterocycles. The minimum Gasteiger partial charge on any atom is -0.476 e. The lowest BCUT2D eigenvalue weighted by Gasteiger charge is -2.14. The third-order valence-electron chi connectivity index (χ3n) is 5.17. The molecule has 0 radical (unpaired) electrons. The number of aromatic carboxylic acids is 1. The molecule has 0 fully saturated rings. The van der Waals surface area contributed by atoms with Crippen molar-refractivity contribution in [1.82, 2.24) is 20.2 Å². The first kappa shape index (κ1) is 27.2. The maximum Gasteiger partial charge on any atom is 0.417 e. The summed E-state index contributed by atoms with van der Waals surface area (Å²) in [5, 5.41) is 25.7. The lowest BCUT2D eigenvalue weighted by atomic mass is 10.1. The van der Waals surface area contributed by atoms with Crippen molar-refractivity contribution in [2.45, 2.75) is 20.0 Å². The molecule has 2 amide bonds. The van der Waals surface area contributed by atoms with Crippen LogP contribution in [0, 0.1) is 13.8 Å². The second kappa shape index (κ2) is 10.9. The van der Waals surface area contributed by atoms with Gasteiger partial charge in [0.1, 0.15) is 11.6 Å². The highest BCUT2D eigenvalue weighted by atomic mass is 35.5. The van der Waals surface area contributed by atoms with Gasteiger partial charge in [-0.15, -0.1) is 0 Å². The minimum atomic E-state index is -4.66. The summed E-state index contributed by atoms with van der Waals surface area (Å²) >= 11 is 5.61. The number of alkyl halides is 3. The van der Waals surface area contributed by atoms with Crippen molar-refractivity contribution in [3.05, 3.63) is 76.1 Å². The Morgan fingerprint density at radius 2 is 1.64 bits per heavy atom. The van der Waals surface area contributed by atoms with Crippen LogP contribution >= 0.6 is 11.6 Å². The van der Waals surface area contributed by atoms with Crippen LogP contribution in [0.15, 0.2) is 48.5 Å². The van der Waals surface area contributed by atoms with Crippen LogP contribution in [0.1, 0.15) is 27.3 Å². The molecule has 0 atom stereocenters. The number of carboxylic acids is 1. The van der Waals surface area contributed by atoms with Crippen LogP contribution in [0.5, 0.6) is 0 Å². The van der Waals surface area contributed by atoms with Gasteiger partial charge in [0.2, 0.25) is 5.95 Å². The molecular weight excluding hydrogens is 541 g/mol. The number of nitrogens with one attached hydrogen (secondary N) is 5. The first-order chi connectivity index (χ1) is 18.4. The van der Waals surface area contributed by atoms with E-state index in [9.17, 15) is 22.8 Å². The molecule has 6 N–H and O–H groups in total. The standard InChI is InChI=1S/C24H20ClF3N8O3/c1-11-7-13(30-23(39)31-14-3-5-16(25)15(9-14)24(26,27)28)4-6-17(11)32-22-29-12(2)8-19(34-22)33-20-10-18(21(37)38)35-36-20/h3-10H,1-2H3,(H,37,38)(H2,30,31,39)(H3,29,32,33,34,35,36). The van der Waals surface area contributed by atoms with E-state index in [-0.39, 0.29) is 17.3 Å². The number of rotatable bonds is 7. The molecule has 0 bridgehead atoms. The van der Waals surface area contributed by atoms with Crippen molar-refractivity contribution in [1.29, 1.82) is 0 Å². The van der Waals surface area contributed by atoms with Gasteiger partial charge in [0.25, 0.3) is 0 Å². The van der Waals surface area contributed by atoms with E-state index in [4.69, 9.17) is 16.7 Å². The van der Waals surface area contributed by atoms with Crippen LogP contribution in [0.4, 0.5) is 52.6 Å². The average Bonchev–Trinajstić information content (AvgIpc) is 3.30. The number of H-pyrrole nitrogens is 1. The van der Waals surface area contributed by atoms with Crippen LogP contribution in [0.2, 0.25) is 5.02 Å². The number of hydrogen-bond acceptors (Lipinski definition) is 7. The van der Waals surface area contributed by atoms with Crippen LogP contribution in [-0.2, 0) is 6.18 Å². The van der Waals surface area contributed by atoms with E-state index in [2.05, 4.69) is 41.4 Å². The highest BCUT2D eigenvalue weighted by molar-refractivity contribution is 6.31. The zero-order chi connectivity index (χ0) is 28.3. The van der Waals surface area contributed by atoms with Crippen molar-refractivity contribution >= 4 is 58.2 Å². The van der Waals surface area contributed by atoms with E-state index in [1.165, 1.54) is 12.1 Å². The number of benzene rings is 2. The van der Waals surface area contributed by atoms with E-state index in [0.29, 0.717) is 34.3 Å². The third-order valence-corrected chi connectivity index (χ3v) is 5.50. The predicted octanol–water partition coefficient (Wildman–Crippen LogP) is 6.32. The highest BCUT2D eigenvalue weighted by Crippen LogP contribution is 2.36. The summed E-state index contributed by atoms with van der Waals surface area (Å²) in [6.45, 7) is 3.53. The summed E-state index contributed by atoms with van der Waals surface area (Å²) in [7, 11) is 0. The summed E-state index contributed by atoms with van der Waals surface area (Å²) in [4.78, 5) is 32.1. The Labute approximate surface area is 223 Å². The molecule has 15 heteroatoms. The highest BCUT2D eigenvalue weighted by Gasteiger charge is 2.33. The predicted molar refractivity (Wildman–Crippen MR) is 139 cm³/mol. The van der Waals surface area contributed by atoms with Crippen molar-refractivity contribution < 1.29 is 27.9 Å². The second-order valence-electron chi connectivity index (χ2n) is 8.24. The van der Waals surface area contributed by atoms with Crippen molar-refractivity contribution in [2.24, 2.45) is 0 Å². The van der Waals surface area contributed by atoms with Gasteiger partial charge < -0.3 is 26.4 Å². The lowest BCUT2D eigenvalue weighted by Crippen LogP contribution is -2.20. The molecule has 202 valence electrons.